The summed E-state index contributed by atoms with van der Waals surface area (Å²) >= 11 is 0. The Morgan fingerprint density at radius 1 is 0.266 bits per heavy atom. The molecule has 1 aromatic heterocycles. The van der Waals surface area contributed by atoms with Crippen LogP contribution in [0.15, 0.2) is 255 Å². The molecule has 0 aliphatic heterocycles. The van der Waals surface area contributed by atoms with Crippen molar-refractivity contribution in [3.05, 3.63) is 255 Å². The first kappa shape index (κ1) is 37.3. The highest BCUT2D eigenvalue weighted by molar-refractivity contribution is 6.10. The van der Waals surface area contributed by atoms with E-state index >= 15 is 0 Å². The molecule has 2 heteroatoms. The van der Waals surface area contributed by atoms with Crippen molar-refractivity contribution in [2.24, 2.45) is 0 Å². The Balaban J connectivity index is 1.03. The van der Waals surface area contributed by atoms with Crippen molar-refractivity contribution in [1.82, 2.24) is 4.57 Å². The van der Waals surface area contributed by atoms with Crippen LogP contribution in [0.5, 0.6) is 0 Å². The van der Waals surface area contributed by atoms with Gasteiger partial charge in [-0.1, -0.05) is 200 Å². The molecule has 0 saturated carbocycles. The first-order valence-electron chi connectivity index (χ1n) is 22.0. The minimum atomic E-state index is 1.07. The zero-order valence-electron chi connectivity index (χ0n) is 35.1. The fourth-order valence-electron chi connectivity index (χ4n) is 9.83. The molecular formula is C62H42N2. The lowest BCUT2D eigenvalue weighted by Crippen LogP contribution is -2.12. The number of anilines is 3. The van der Waals surface area contributed by atoms with E-state index in [4.69, 9.17) is 0 Å². The van der Waals surface area contributed by atoms with Crippen molar-refractivity contribution < 1.29 is 0 Å². The Kier molecular flexibility index (Phi) is 9.20. The number of nitrogens with zero attached hydrogens (tertiary/aromatic N) is 2. The van der Waals surface area contributed by atoms with E-state index in [0.717, 1.165) is 28.3 Å². The lowest BCUT2D eigenvalue weighted by molar-refractivity contribution is 1.17. The molecule has 0 radical (unpaired) electrons. The number of aromatic nitrogens is 1. The molecule has 300 valence electrons. The van der Waals surface area contributed by atoms with Gasteiger partial charge in [0.2, 0.25) is 0 Å². The van der Waals surface area contributed by atoms with E-state index in [1.807, 2.05) is 0 Å². The Bertz CT molecular complexity index is 3620. The van der Waals surface area contributed by atoms with Crippen molar-refractivity contribution in [3.8, 4) is 50.2 Å². The van der Waals surface area contributed by atoms with Crippen LogP contribution in [0.25, 0.3) is 93.5 Å². The van der Waals surface area contributed by atoms with Crippen LogP contribution in [0, 0.1) is 0 Å². The van der Waals surface area contributed by atoms with Crippen LogP contribution in [0.1, 0.15) is 0 Å². The standard InChI is InChI=1S/C62H42N2/c1-2-17-44(18-3-1)52-23-6-7-24-54(52)55-25-8-9-26-56(55)57-27-10-13-30-60(57)63(49-20-16-21-50(42-49)64-61-31-14-11-28-58(61)59-29-12-15-32-62(59)64)48-38-35-43(36-39-48)46-37-40-53-47(41-46)34-33-45-19-4-5-22-51(45)53/h1-42H. The van der Waals surface area contributed by atoms with Gasteiger partial charge >= 0.3 is 0 Å². The van der Waals surface area contributed by atoms with E-state index in [1.165, 1.54) is 82.3 Å². The molecule has 0 spiro atoms. The van der Waals surface area contributed by atoms with Gasteiger partial charge in [-0.2, -0.15) is 0 Å². The second-order valence-corrected chi connectivity index (χ2v) is 16.5. The number of para-hydroxylation sites is 3. The van der Waals surface area contributed by atoms with Gasteiger partial charge in [0.25, 0.3) is 0 Å². The summed E-state index contributed by atoms with van der Waals surface area (Å²) in [5, 5.41) is 7.55. The summed E-state index contributed by atoms with van der Waals surface area (Å²) < 4.78 is 2.40. The third-order valence-corrected chi connectivity index (χ3v) is 12.8. The van der Waals surface area contributed by atoms with Crippen LogP contribution in [0.4, 0.5) is 17.1 Å². The Morgan fingerprint density at radius 2 is 0.797 bits per heavy atom. The van der Waals surface area contributed by atoms with E-state index in [0.29, 0.717) is 0 Å². The lowest BCUT2D eigenvalue weighted by Gasteiger charge is -2.29. The predicted molar refractivity (Wildman–Crippen MR) is 272 cm³/mol. The maximum atomic E-state index is 2.43. The quantitative estimate of drug-likeness (QED) is 0.139. The monoisotopic (exact) mass is 814 g/mol. The van der Waals surface area contributed by atoms with Gasteiger partial charge in [0.15, 0.2) is 0 Å². The minimum absolute atomic E-state index is 1.07. The van der Waals surface area contributed by atoms with Gasteiger partial charge in [-0.3, -0.25) is 0 Å². The third-order valence-electron chi connectivity index (χ3n) is 12.8. The molecule has 1 heterocycles. The number of fused-ring (bicyclic) bond motifs is 6. The molecule has 2 nitrogen and oxygen atoms in total. The summed E-state index contributed by atoms with van der Waals surface area (Å²) in [5.41, 5.74) is 16.2. The maximum absolute atomic E-state index is 2.43. The molecule has 64 heavy (non-hydrogen) atoms. The molecule has 0 amide bonds. The molecule has 0 atom stereocenters. The van der Waals surface area contributed by atoms with Crippen molar-refractivity contribution >= 4 is 60.4 Å². The number of rotatable bonds is 8. The fourth-order valence-corrected chi connectivity index (χ4v) is 9.83. The molecule has 12 aromatic rings. The summed E-state index contributed by atoms with van der Waals surface area (Å²) in [7, 11) is 0. The van der Waals surface area contributed by atoms with Crippen LogP contribution in [-0.2, 0) is 0 Å². The normalized spacial score (nSPS) is 11.4. The highest BCUT2D eigenvalue weighted by atomic mass is 15.1. The second-order valence-electron chi connectivity index (χ2n) is 16.5. The third kappa shape index (κ3) is 6.44. The first-order valence-corrected chi connectivity index (χ1v) is 22.0. The topological polar surface area (TPSA) is 8.17 Å². The fraction of sp³-hybridized carbons (Fsp3) is 0. The van der Waals surface area contributed by atoms with Crippen LogP contribution in [0.2, 0.25) is 0 Å². The Labute approximate surface area is 373 Å². The molecule has 0 N–H and O–H groups in total. The van der Waals surface area contributed by atoms with Gasteiger partial charge in [-0.25, -0.2) is 0 Å². The summed E-state index contributed by atoms with van der Waals surface area (Å²) in [6.07, 6.45) is 0. The predicted octanol–water partition coefficient (Wildman–Crippen LogP) is 17.2. The largest absolute Gasteiger partial charge is 0.310 e. The average Bonchev–Trinajstić information content (AvgIpc) is 3.71. The molecule has 11 aromatic carbocycles. The summed E-state index contributed by atoms with van der Waals surface area (Å²) in [4.78, 5) is 2.43. The molecular weight excluding hydrogens is 773 g/mol. The van der Waals surface area contributed by atoms with E-state index in [-0.39, 0.29) is 0 Å². The van der Waals surface area contributed by atoms with Gasteiger partial charge in [-0.05, 0) is 115 Å². The van der Waals surface area contributed by atoms with Crippen molar-refractivity contribution in [3.63, 3.8) is 0 Å². The highest BCUT2D eigenvalue weighted by Crippen LogP contribution is 2.46. The Hall–Kier alpha value is -8.46. The van der Waals surface area contributed by atoms with Crippen LogP contribution < -0.4 is 4.90 Å². The molecule has 0 fully saturated rings. The summed E-state index contributed by atoms with van der Waals surface area (Å²) in [5.74, 6) is 0. The smallest absolute Gasteiger partial charge is 0.0541 e. The zero-order valence-corrected chi connectivity index (χ0v) is 35.1. The summed E-state index contributed by atoms with van der Waals surface area (Å²) in [6, 6.07) is 92.7. The van der Waals surface area contributed by atoms with Gasteiger partial charge < -0.3 is 9.47 Å². The van der Waals surface area contributed by atoms with Crippen LogP contribution in [-0.4, -0.2) is 4.57 Å². The summed E-state index contributed by atoms with van der Waals surface area (Å²) in [6.45, 7) is 0. The Morgan fingerprint density at radius 3 is 1.53 bits per heavy atom. The molecule has 0 aliphatic carbocycles. The molecule has 0 saturated heterocycles. The number of benzene rings is 11. The molecule has 0 unspecified atom stereocenters. The van der Waals surface area contributed by atoms with E-state index in [2.05, 4.69) is 264 Å². The van der Waals surface area contributed by atoms with Crippen LogP contribution >= 0.6 is 0 Å². The lowest BCUT2D eigenvalue weighted by atomic mass is 9.88. The van der Waals surface area contributed by atoms with Crippen LogP contribution in [0.3, 0.4) is 0 Å². The minimum Gasteiger partial charge on any atom is -0.310 e. The maximum Gasteiger partial charge on any atom is 0.0541 e. The second kappa shape index (κ2) is 15.8. The van der Waals surface area contributed by atoms with Crippen molar-refractivity contribution in [2.75, 3.05) is 4.90 Å². The van der Waals surface area contributed by atoms with Gasteiger partial charge in [0.1, 0.15) is 0 Å². The van der Waals surface area contributed by atoms with Crippen molar-refractivity contribution in [2.45, 2.75) is 0 Å². The number of hydrogen-bond acceptors (Lipinski definition) is 1. The molecule has 12 rings (SSSR count). The van der Waals surface area contributed by atoms with Gasteiger partial charge in [0, 0.05) is 33.4 Å². The number of hydrogen-bond donors (Lipinski definition) is 0. The van der Waals surface area contributed by atoms with Crippen molar-refractivity contribution in [1.29, 1.82) is 0 Å². The first-order chi connectivity index (χ1) is 31.8. The van der Waals surface area contributed by atoms with E-state index in [1.54, 1.807) is 0 Å². The average molecular weight is 815 g/mol. The molecule has 0 bridgehead atoms. The van der Waals surface area contributed by atoms with E-state index in [9.17, 15) is 0 Å². The van der Waals surface area contributed by atoms with Gasteiger partial charge in [-0.15, -0.1) is 0 Å². The zero-order chi connectivity index (χ0) is 42.4. The SMILES string of the molecule is c1ccc(-c2ccccc2-c2ccccc2-c2ccccc2N(c2ccc(-c3ccc4c(ccc5ccccc54)c3)cc2)c2cccc(-n3c4ccccc4c4ccccc43)c2)cc1. The molecule has 0 aliphatic rings. The van der Waals surface area contributed by atoms with E-state index < -0.39 is 0 Å². The van der Waals surface area contributed by atoms with Gasteiger partial charge in [0.05, 0.1) is 16.7 Å². The highest BCUT2D eigenvalue weighted by Gasteiger charge is 2.21.